The molecule has 0 saturated heterocycles. The number of anilines is 1. The molecule has 0 spiro atoms. The van der Waals surface area contributed by atoms with Crippen LogP contribution in [0.5, 0.6) is 11.5 Å². The van der Waals surface area contributed by atoms with E-state index >= 15 is 0 Å². The Bertz CT molecular complexity index is 1440. The summed E-state index contributed by atoms with van der Waals surface area (Å²) in [6.07, 6.45) is 0. The summed E-state index contributed by atoms with van der Waals surface area (Å²) in [6, 6.07) is 10.8. The molecule has 1 aliphatic rings. The van der Waals surface area contributed by atoms with Crippen molar-refractivity contribution < 1.29 is 19.1 Å². The van der Waals surface area contributed by atoms with Gasteiger partial charge in [0.2, 0.25) is 10.9 Å². The molecule has 8 nitrogen and oxygen atoms in total. The molecular formula is C24H21N3O5S. The lowest BCUT2D eigenvalue weighted by Crippen LogP contribution is -2.29. The predicted octanol–water partition coefficient (Wildman–Crippen LogP) is 4.62. The van der Waals surface area contributed by atoms with Crippen LogP contribution < -0.4 is 15.1 Å². The molecule has 1 amide bonds. The van der Waals surface area contributed by atoms with E-state index in [0.29, 0.717) is 28.3 Å². The number of amides is 1. The van der Waals surface area contributed by atoms with E-state index in [-0.39, 0.29) is 34.2 Å². The van der Waals surface area contributed by atoms with Crippen LogP contribution in [0.4, 0.5) is 5.13 Å². The van der Waals surface area contributed by atoms with Crippen LogP contribution in [0, 0.1) is 0 Å². The molecule has 0 unspecified atom stereocenters. The van der Waals surface area contributed by atoms with Crippen LogP contribution in [0.2, 0.25) is 0 Å². The minimum atomic E-state index is -0.805. The van der Waals surface area contributed by atoms with Gasteiger partial charge in [0.25, 0.3) is 5.91 Å². The number of ether oxygens (including phenoxy) is 1. The third-order valence-electron chi connectivity index (χ3n) is 5.51. The van der Waals surface area contributed by atoms with Crippen LogP contribution in [0.25, 0.3) is 11.0 Å². The fourth-order valence-corrected chi connectivity index (χ4v) is 4.83. The lowest BCUT2D eigenvalue weighted by atomic mass is 9.98. The Kier molecular flexibility index (Phi) is 5.13. The number of benzene rings is 2. The maximum absolute atomic E-state index is 13.6. The van der Waals surface area contributed by atoms with E-state index < -0.39 is 11.9 Å². The van der Waals surface area contributed by atoms with Gasteiger partial charge in [0.05, 0.1) is 23.6 Å². The van der Waals surface area contributed by atoms with E-state index in [9.17, 15) is 14.7 Å². The summed E-state index contributed by atoms with van der Waals surface area (Å²) in [5, 5.41) is 20.2. The van der Waals surface area contributed by atoms with Gasteiger partial charge in [-0.05, 0) is 36.8 Å². The van der Waals surface area contributed by atoms with Crippen molar-refractivity contribution in [3.8, 4) is 11.5 Å². The van der Waals surface area contributed by atoms with Crippen molar-refractivity contribution in [2.75, 3.05) is 11.5 Å². The van der Waals surface area contributed by atoms with Crippen LogP contribution in [-0.2, 0) is 0 Å². The van der Waals surface area contributed by atoms with E-state index in [1.165, 1.54) is 22.3 Å². The third kappa shape index (κ3) is 3.36. The van der Waals surface area contributed by atoms with Gasteiger partial charge in [0.1, 0.15) is 10.6 Å². The molecule has 3 heterocycles. The van der Waals surface area contributed by atoms with E-state index in [2.05, 4.69) is 10.2 Å². The van der Waals surface area contributed by atoms with E-state index in [1.807, 2.05) is 20.8 Å². The molecule has 1 atom stereocenters. The Morgan fingerprint density at radius 2 is 1.97 bits per heavy atom. The molecule has 0 aliphatic carbocycles. The first kappa shape index (κ1) is 21.1. The van der Waals surface area contributed by atoms with Gasteiger partial charge in [-0.3, -0.25) is 14.5 Å². The van der Waals surface area contributed by atoms with Gasteiger partial charge in [-0.15, -0.1) is 10.2 Å². The molecule has 1 N–H and O–H groups in total. The van der Waals surface area contributed by atoms with E-state index in [4.69, 9.17) is 9.15 Å². The topological polar surface area (TPSA) is 106 Å². The zero-order chi connectivity index (χ0) is 23.3. The first-order chi connectivity index (χ1) is 15.9. The molecule has 1 aliphatic heterocycles. The highest BCUT2D eigenvalue weighted by atomic mass is 32.1. The number of phenolic OH excluding ortho intramolecular Hbond substituents is 1. The molecule has 33 heavy (non-hydrogen) atoms. The van der Waals surface area contributed by atoms with Crippen LogP contribution in [0.3, 0.4) is 0 Å². The number of fused-ring (bicyclic) bond motifs is 2. The van der Waals surface area contributed by atoms with Crippen molar-refractivity contribution in [3.63, 3.8) is 0 Å². The Hall–Kier alpha value is -3.72. The van der Waals surface area contributed by atoms with Gasteiger partial charge in [0.15, 0.2) is 16.9 Å². The molecule has 2 aromatic heterocycles. The lowest BCUT2D eigenvalue weighted by Gasteiger charge is -2.22. The van der Waals surface area contributed by atoms with Crippen LogP contribution in [0.1, 0.15) is 59.4 Å². The minimum absolute atomic E-state index is 0.0176. The number of aromatic nitrogens is 2. The third-order valence-corrected chi connectivity index (χ3v) is 6.73. The van der Waals surface area contributed by atoms with Crippen molar-refractivity contribution in [1.82, 2.24) is 10.2 Å². The molecule has 5 rings (SSSR count). The SMILES string of the molecule is CCOc1cc([C@@H]2c3c(oc4ccccc4c3=O)C(=O)N2c2nnc(C(C)C)s2)ccc1O. The maximum Gasteiger partial charge on any atom is 0.297 e. The number of carbonyl (C=O) groups excluding carboxylic acids is 1. The average Bonchev–Trinajstić information content (AvgIpc) is 3.39. The molecule has 0 fully saturated rings. The largest absolute Gasteiger partial charge is 0.504 e. The Morgan fingerprint density at radius 3 is 2.70 bits per heavy atom. The van der Waals surface area contributed by atoms with E-state index in [1.54, 1.807) is 36.4 Å². The summed E-state index contributed by atoms with van der Waals surface area (Å²) < 4.78 is 11.5. The highest BCUT2D eigenvalue weighted by Crippen LogP contribution is 2.44. The number of para-hydroxylation sites is 1. The second kappa shape index (κ2) is 8.00. The van der Waals surface area contributed by atoms with Crippen LogP contribution >= 0.6 is 11.3 Å². The molecule has 2 aromatic carbocycles. The summed E-state index contributed by atoms with van der Waals surface area (Å²) in [7, 11) is 0. The molecule has 0 radical (unpaired) electrons. The number of hydrogen-bond donors (Lipinski definition) is 1. The predicted molar refractivity (Wildman–Crippen MR) is 124 cm³/mol. The Labute approximate surface area is 193 Å². The monoisotopic (exact) mass is 463 g/mol. The quantitative estimate of drug-likeness (QED) is 0.460. The number of aromatic hydroxyl groups is 1. The highest BCUT2D eigenvalue weighted by Gasteiger charge is 2.45. The van der Waals surface area contributed by atoms with Gasteiger partial charge in [0, 0.05) is 5.92 Å². The zero-order valence-corrected chi connectivity index (χ0v) is 19.0. The molecule has 0 bridgehead atoms. The van der Waals surface area contributed by atoms with Gasteiger partial charge in [-0.1, -0.05) is 43.4 Å². The number of nitrogens with zero attached hydrogens (tertiary/aromatic N) is 3. The van der Waals surface area contributed by atoms with Crippen molar-refractivity contribution in [2.45, 2.75) is 32.7 Å². The first-order valence-electron chi connectivity index (χ1n) is 10.6. The average molecular weight is 464 g/mol. The first-order valence-corrected chi connectivity index (χ1v) is 11.4. The highest BCUT2D eigenvalue weighted by molar-refractivity contribution is 7.15. The lowest BCUT2D eigenvalue weighted by molar-refractivity contribution is 0.0970. The van der Waals surface area contributed by atoms with Crippen molar-refractivity contribution in [1.29, 1.82) is 0 Å². The molecule has 9 heteroatoms. The molecule has 0 saturated carbocycles. The fraction of sp³-hybridized carbons (Fsp3) is 0.250. The minimum Gasteiger partial charge on any atom is -0.504 e. The van der Waals surface area contributed by atoms with Gasteiger partial charge >= 0.3 is 0 Å². The second-order valence-corrected chi connectivity index (χ2v) is 8.97. The normalized spacial score (nSPS) is 15.5. The van der Waals surface area contributed by atoms with Crippen LogP contribution in [0.15, 0.2) is 51.7 Å². The summed E-state index contributed by atoms with van der Waals surface area (Å²) in [5.74, 6) is -0.108. The number of hydrogen-bond acceptors (Lipinski definition) is 8. The number of carbonyl (C=O) groups is 1. The summed E-state index contributed by atoms with van der Waals surface area (Å²) in [6.45, 7) is 6.15. The van der Waals surface area contributed by atoms with Crippen molar-refractivity contribution >= 4 is 33.3 Å². The standard InChI is InChI=1S/C24H21N3O5S/c1-4-31-17-11-13(9-10-15(17)28)19-18-20(29)14-7-5-6-8-16(14)32-21(18)23(30)27(19)24-26-25-22(33-24)12(2)3/h5-12,19,28H,4H2,1-3H3/t19-/m1/s1. The molecule has 4 aromatic rings. The van der Waals surface area contributed by atoms with E-state index in [0.717, 1.165) is 5.01 Å². The smallest absolute Gasteiger partial charge is 0.297 e. The summed E-state index contributed by atoms with van der Waals surface area (Å²) in [5.41, 5.74) is 0.878. The second-order valence-electron chi connectivity index (χ2n) is 7.99. The van der Waals surface area contributed by atoms with Crippen molar-refractivity contribution in [3.05, 3.63) is 74.6 Å². The molecular weight excluding hydrogens is 442 g/mol. The Morgan fingerprint density at radius 1 is 1.18 bits per heavy atom. The van der Waals surface area contributed by atoms with Crippen LogP contribution in [-0.4, -0.2) is 27.8 Å². The number of phenols is 1. The summed E-state index contributed by atoms with van der Waals surface area (Å²) >= 11 is 1.30. The Balaban J connectivity index is 1.77. The maximum atomic E-state index is 13.6. The van der Waals surface area contributed by atoms with Gasteiger partial charge in [-0.2, -0.15) is 0 Å². The number of rotatable bonds is 5. The van der Waals surface area contributed by atoms with Crippen molar-refractivity contribution in [2.24, 2.45) is 0 Å². The summed E-state index contributed by atoms with van der Waals surface area (Å²) in [4.78, 5) is 28.6. The van der Waals surface area contributed by atoms with Gasteiger partial charge in [-0.25, -0.2) is 0 Å². The fourth-order valence-electron chi connectivity index (χ4n) is 3.96. The zero-order valence-electron chi connectivity index (χ0n) is 18.2. The van der Waals surface area contributed by atoms with Gasteiger partial charge < -0.3 is 14.3 Å². The molecule has 168 valence electrons.